The standard InChI is InChI=1S/C11H16N2O2S/c1-7-6-16-11(15)13(7)5-10(14)12-8(2)9-3-4-9/h6,8-9H,3-5H2,1-2H3,(H,12,14). The minimum Gasteiger partial charge on any atom is -0.352 e. The van der Waals surface area contributed by atoms with Crippen LogP contribution in [0.25, 0.3) is 0 Å². The minimum atomic E-state index is -0.0667. The van der Waals surface area contributed by atoms with E-state index in [0.29, 0.717) is 5.92 Å². The number of carbonyl (C=O) groups excluding carboxylic acids is 1. The van der Waals surface area contributed by atoms with Gasteiger partial charge in [0.2, 0.25) is 5.91 Å². The van der Waals surface area contributed by atoms with E-state index in [0.717, 1.165) is 17.0 Å². The zero-order valence-electron chi connectivity index (χ0n) is 9.53. The van der Waals surface area contributed by atoms with Crippen molar-refractivity contribution in [2.45, 2.75) is 39.3 Å². The number of thiazole rings is 1. The summed E-state index contributed by atoms with van der Waals surface area (Å²) in [5.74, 6) is 0.576. The van der Waals surface area contributed by atoms with Gasteiger partial charge in [0.15, 0.2) is 0 Å². The van der Waals surface area contributed by atoms with Crippen LogP contribution in [0.2, 0.25) is 0 Å². The lowest BCUT2D eigenvalue weighted by Gasteiger charge is -2.13. The largest absolute Gasteiger partial charge is 0.352 e. The summed E-state index contributed by atoms with van der Waals surface area (Å²) in [5, 5.41) is 4.72. The maximum absolute atomic E-state index is 11.7. The Balaban J connectivity index is 1.94. The van der Waals surface area contributed by atoms with Gasteiger partial charge < -0.3 is 5.32 Å². The van der Waals surface area contributed by atoms with Gasteiger partial charge in [-0.2, -0.15) is 0 Å². The molecule has 1 unspecified atom stereocenters. The highest BCUT2D eigenvalue weighted by atomic mass is 32.1. The van der Waals surface area contributed by atoms with Crippen molar-refractivity contribution in [3.05, 3.63) is 20.7 Å². The maximum atomic E-state index is 11.7. The Labute approximate surface area is 98.3 Å². The Morgan fingerprint density at radius 1 is 1.69 bits per heavy atom. The highest BCUT2D eigenvalue weighted by Crippen LogP contribution is 2.32. The van der Waals surface area contributed by atoms with Gasteiger partial charge in [0.05, 0.1) is 0 Å². The molecule has 0 spiro atoms. The summed E-state index contributed by atoms with van der Waals surface area (Å²) < 4.78 is 1.51. The zero-order chi connectivity index (χ0) is 11.7. The first-order valence-corrected chi connectivity index (χ1v) is 6.40. The third-order valence-electron chi connectivity index (χ3n) is 3.00. The molecule has 4 nitrogen and oxygen atoms in total. The van der Waals surface area contributed by atoms with Gasteiger partial charge >= 0.3 is 4.87 Å². The van der Waals surface area contributed by atoms with Crippen LogP contribution in [0.3, 0.4) is 0 Å². The second-order valence-corrected chi connectivity index (χ2v) is 5.24. The molecule has 1 aliphatic carbocycles. The van der Waals surface area contributed by atoms with Gasteiger partial charge in [0, 0.05) is 17.1 Å². The molecule has 1 amide bonds. The molecule has 0 aromatic carbocycles. The van der Waals surface area contributed by atoms with Gasteiger partial charge in [-0.15, -0.1) is 0 Å². The van der Waals surface area contributed by atoms with Crippen molar-refractivity contribution in [2.75, 3.05) is 0 Å². The molecule has 0 saturated heterocycles. The minimum absolute atomic E-state index is 0.0632. The van der Waals surface area contributed by atoms with E-state index in [9.17, 15) is 9.59 Å². The molecule has 1 N–H and O–H groups in total. The van der Waals surface area contributed by atoms with Gasteiger partial charge in [-0.1, -0.05) is 11.3 Å². The van der Waals surface area contributed by atoms with E-state index in [1.54, 1.807) is 5.38 Å². The molecule has 5 heteroatoms. The van der Waals surface area contributed by atoms with Crippen molar-refractivity contribution in [1.82, 2.24) is 9.88 Å². The number of carbonyl (C=O) groups is 1. The van der Waals surface area contributed by atoms with Crippen LogP contribution >= 0.6 is 11.3 Å². The molecule has 2 rings (SSSR count). The Hall–Kier alpha value is -1.10. The normalized spacial score (nSPS) is 17.1. The Kier molecular flexibility index (Phi) is 3.14. The maximum Gasteiger partial charge on any atom is 0.307 e. The van der Waals surface area contributed by atoms with E-state index in [4.69, 9.17) is 0 Å². The van der Waals surface area contributed by atoms with Gasteiger partial charge in [0.25, 0.3) is 0 Å². The quantitative estimate of drug-likeness (QED) is 0.858. The monoisotopic (exact) mass is 240 g/mol. The molecule has 1 fully saturated rings. The average Bonchev–Trinajstić information content (AvgIpc) is 3.01. The Morgan fingerprint density at radius 3 is 2.88 bits per heavy atom. The Bertz CT molecular complexity index is 445. The first-order chi connectivity index (χ1) is 7.58. The van der Waals surface area contributed by atoms with E-state index < -0.39 is 0 Å². The second-order valence-electron chi connectivity index (χ2n) is 4.42. The predicted octanol–water partition coefficient (Wildman–Crippen LogP) is 1.13. The molecule has 1 saturated carbocycles. The zero-order valence-corrected chi connectivity index (χ0v) is 10.3. The van der Waals surface area contributed by atoms with Gasteiger partial charge in [-0.3, -0.25) is 14.2 Å². The summed E-state index contributed by atoms with van der Waals surface area (Å²) >= 11 is 1.14. The van der Waals surface area contributed by atoms with Crippen LogP contribution in [0.5, 0.6) is 0 Å². The summed E-state index contributed by atoms with van der Waals surface area (Å²) in [6.45, 7) is 4.01. The molecule has 88 valence electrons. The number of aryl methyl sites for hydroxylation is 1. The van der Waals surface area contributed by atoms with Crippen LogP contribution in [0.4, 0.5) is 0 Å². The fraction of sp³-hybridized carbons (Fsp3) is 0.636. The van der Waals surface area contributed by atoms with E-state index in [1.807, 2.05) is 13.8 Å². The van der Waals surface area contributed by atoms with Crippen LogP contribution in [-0.2, 0) is 11.3 Å². The van der Waals surface area contributed by atoms with E-state index in [1.165, 1.54) is 17.4 Å². The van der Waals surface area contributed by atoms with E-state index >= 15 is 0 Å². The summed E-state index contributed by atoms with van der Waals surface area (Å²) in [6, 6.07) is 0.238. The third-order valence-corrected chi connectivity index (χ3v) is 3.88. The molecule has 1 aromatic heterocycles. The van der Waals surface area contributed by atoms with Gasteiger partial charge in [0.1, 0.15) is 6.54 Å². The number of rotatable bonds is 4. The van der Waals surface area contributed by atoms with Crippen molar-refractivity contribution >= 4 is 17.2 Å². The fourth-order valence-electron chi connectivity index (χ4n) is 1.75. The van der Waals surface area contributed by atoms with Crippen molar-refractivity contribution in [3.63, 3.8) is 0 Å². The van der Waals surface area contributed by atoms with Crippen LogP contribution in [-0.4, -0.2) is 16.5 Å². The number of nitrogens with one attached hydrogen (secondary N) is 1. The summed E-state index contributed by atoms with van der Waals surface area (Å²) in [7, 11) is 0. The highest BCUT2D eigenvalue weighted by Gasteiger charge is 2.28. The van der Waals surface area contributed by atoms with Crippen molar-refractivity contribution in [3.8, 4) is 0 Å². The van der Waals surface area contributed by atoms with Gasteiger partial charge in [-0.05, 0) is 32.6 Å². The van der Waals surface area contributed by atoms with Crippen molar-refractivity contribution in [2.24, 2.45) is 5.92 Å². The molecule has 1 aromatic rings. The van der Waals surface area contributed by atoms with Crippen molar-refractivity contribution < 1.29 is 4.79 Å². The highest BCUT2D eigenvalue weighted by molar-refractivity contribution is 7.07. The van der Waals surface area contributed by atoms with Crippen molar-refractivity contribution in [1.29, 1.82) is 0 Å². The molecule has 0 aliphatic heterocycles. The smallest absolute Gasteiger partial charge is 0.307 e. The number of aromatic nitrogens is 1. The molecule has 0 radical (unpaired) electrons. The fourth-order valence-corrected chi connectivity index (χ4v) is 2.49. The first-order valence-electron chi connectivity index (χ1n) is 5.52. The number of amides is 1. The molecule has 16 heavy (non-hydrogen) atoms. The van der Waals surface area contributed by atoms with Crippen LogP contribution < -0.4 is 10.2 Å². The lowest BCUT2D eigenvalue weighted by atomic mass is 10.2. The van der Waals surface area contributed by atoms with E-state index in [-0.39, 0.29) is 23.4 Å². The first kappa shape index (κ1) is 11.4. The second kappa shape index (κ2) is 4.41. The van der Waals surface area contributed by atoms with Crippen LogP contribution in [0.15, 0.2) is 10.2 Å². The topological polar surface area (TPSA) is 51.1 Å². The summed E-state index contributed by atoms with van der Waals surface area (Å²) in [5.41, 5.74) is 0.851. The SMILES string of the molecule is Cc1csc(=O)n1CC(=O)NC(C)C1CC1. The molecule has 0 bridgehead atoms. The predicted molar refractivity (Wildman–Crippen MR) is 63.6 cm³/mol. The Morgan fingerprint density at radius 2 is 2.38 bits per heavy atom. The van der Waals surface area contributed by atoms with Gasteiger partial charge in [-0.25, -0.2) is 0 Å². The number of hydrogen-bond donors (Lipinski definition) is 1. The lowest BCUT2D eigenvalue weighted by molar-refractivity contribution is -0.122. The van der Waals surface area contributed by atoms with Crippen LogP contribution in [0, 0.1) is 12.8 Å². The molecular weight excluding hydrogens is 224 g/mol. The van der Waals surface area contributed by atoms with Crippen LogP contribution in [0.1, 0.15) is 25.5 Å². The molecule has 1 atom stereocenters. The third kappa shape index (κ3) is 2.52. The summed E-state index contributed by atoms with van der Waals surface area (Å²) in [6.07, 6.45) is 2.41. The lowest BCUT2D eigenvalue weighted by Crippen LogP contribution is -2.37. The summed E-state index contributed by atoms with van der Waals surface area (Å²) in [4.78, 5) is 23.0. The molecular formula is C11H16N2O2S. The van der Waals surface area contributed by atoms with E-state index in [2.05, 4.69) is 5.32 Å². The molecule has 1 heterocycles. The average molecular weight is 240 g/mol. The number of hydrogen-bond acceptors (Lipinski definition) is 3. The molecule has 1 aliphatic rings. The number of nitrogens with zero attached hydrogens (tertiary/aromatic N) is 1.